The maximum Gasteiger partial charge on any atom is 0.472 e. The Morgan fingerprint density at radius 1 is 0.400 bits per heavy atom. The van der Waals surface area contributed by atoms with E-state index in [-0.39, 0.29) is 32.6 Å². The molecule has 0 heterocycles. The van der Waals surface area contributed by atoms with E-state index in [1.54, 1.807) is 0 Å². The van der Waals surface area contributed by atoms with Crippen molar-refractivity contribution in [1.82, 2.24) is 0 Å². The molecule has 0 radical (unpaired) electrons. The number of carbonyl (C=O) groups excluding carboxylic acids is 2. The first-order chi connectivity index (χ1) is 36.8. The molecule has 0 fully saturated rings. The largest absolute Gasteiger partial charge is 0.472 e. The average Bonchev–Trinajstić information content (AvgIpc) is 3.40. The Bertz CT molecular complexity index is 1820. The van der Waals surface area contributed by atoms with Crippen LogP contribution in [0.5, 0.6) is 0 Å². The highest BCUT2D eigenvalue weighted by Crippen LogP contribution is 2.43. The molecule has 0 aliphatic rings. The third-order valence-electron chi connectivity index (χ3n) is 11.1. The van der Waals surface area contributed by atoms with Crippen molar-refractivity contribution in [3.8, 4) is 0 Å². The molecule has 9 nitrogen and oxygen atoms in total. The van der Waals surface area contributed by atoms with Crippen LogP contribution in [0.2, 0.25) is 0 Å². The van der Waals surface area contributed by atoms with Gasteiger partial charge in [0, 0.05) is 19.4 Å². The van der Waals surface area contributed by atoms with Gasteiger partial charge < -0.3 is 20.1 Å². The second-order valence-electron chi connectivity index (χ2n) is 18.0. The van der Waals surface area contributed by atoms with Crippen molar-refractivity contribution in [1.29, 1.82) is 0 Å². The van der Waals surface area contributed by atoms with E-state index in [0.29, 0.717) is 12.8 Å². The Morgan fingerprint density at radius 3 is 1.04 bits per heavy atom. The van der Waals surface area contributed by atoms with Gasteiger partial charge in [0.1, 0.15) is 6.61 Å². The molecule has 0 aliphatic heterocycles. The molecule has 0 spiro atoms. The van der Waals surface area contributed by atoms with E-state index in [0.717, 1.165) is 141 Å². The van der Waals surface area contributed by atoms with Crippen molar-refractivity contribution in [3.63, 3.8) is 0 Å². The lowest BCUT2D eigenvalue weighted by atomic mass is 10.1. The monoisotopic (exact) mass is 1060 g/mol. The summed E-state index contributed by atoms with van der Waals surface area (Å²) >= 11 is 0. The maximum atomic E-state index is 12.7. The minimum Gasteiger partial charge on any atom is -0.462 e. The summed E-state index contributed by atoms with van der Waals surface area (Å²) in [7, 11) is -4.41. The Kier molecular flexibility index (Phi) is 55.0. The molecule has 0 rings (SSSR count). The van der Waals surface area contributed by atoms with Gasteiger partial charge >= 0.3 is 19.8 Å². The molecule has 10 heteroatoms. The first-order valence-corrected chi connectivity index (χ1v) is 30.1. The number of esters is 2. The Hall–Kier alpha value is -4.63. The van der Waals surface area contributed by atoms with Crippen LogP contribution in [0.1, 0.15) is 194 Å². The highest BCUT2D eigenvalue weighted by atomic mass is 31.2. The fourth-order valence-electron chi connectivity index (χ4n) is 6.95. The molecule has 0 bridgehead atoms. The normalized spacial score (nSPS) is 14.3. The van der Waals surface area contributed by atoms with E-state index < -0.39 is 32.5 Å². The molecular weight excluding hydrogens is 954 g/mol. The van der Waals surface area contributed by atoms with Crippen LogP contribution < -0.4 is 5.73 Å². The minimum atomic E-state index is -4.41. The van der Waals surface area contributed by atoms with E-state index >= 15 is 0 Å². The molecule has 0 saturated carbocycles. The lowest BCUT2D eigenvalue weighted by Crippen LogP contribution is -2.29. The molecule has 2 unspecified atom stereocenters. The lowest BCUT2D eigenvalue weighted by Gasteiger charge is -2.19. The van der Waals surface area contributed by atoms with Gasteiger partial charge in [-0.1, -0.05) is 223 Å². The average molecular weight is 1060 g/mol. The van der Waals surface area contributed by atoms with E-state index in [1.165, 1.54) is 12.8 Å². The van der Waals surface area contributed by atoms with Crippen molar-refractivity contribution in [2.75, 3.05) is 26.4 Å². The van der Waals surface area contributed by atoms with Gasteiger partial charge in [0.2, 0.25) is 0 Å². The third kappa shape index (κ3) is 58.5. The van der Waals surface area contributed by atoms with Gasteiger partial charge in [0.15, 0.2) is 6.10 Å². The van der Waals surface area contributed by atoms with Crippen molar-refractivity contribution in [2.24, 2.45) is 5.73 Å². The summed E-state index contributed by atoms with van der Waals surface area (Å²) in [5.74, 6) is -0.896. The molecule has 420 valence electrons. The van der Waals surface area contributed by atoms with E-state index in [1.807, 2.05) is 0 Å². The van der Waals surface area contributed by atoms with Crippen LogP contribution in [0.4, 0.5) is 0 Å². The van der Waals surface area contributed by atoms with Crippen LogP contribution in [-0.2, 0) is 32.7 Å². The van der Waals surface area contributed by atoms with E-state index in [2.05, 4.69) is 184 Å². The molecule has 0 aromatic rings. The number of phosphoric acid groups is 1. The molecular formula is C65H102NO8P. The number of hydrogen-bond donors (Lipinski definition) is 2. The Balaban J connectivity index is 4.16. The quantitative estimate of drug-likeness (QED) is 0.0264. The smallest absolute Gasteiger partial charge is 0.462 e. The molecule has 3 N–H and O–H groups in total. The van der Waals surface area contributed by atoms with Gasteiger partial charge in [-0.3, -0.25) is 18.6 Å². The fourth-order valence-corrected chi connectivity index (χ4v) is 7.71. The zero-order valence-electron chi connectivity index (χ0n) is 46.7. The predicted octanol–water partition coefficient (Wildman–Crippen LogP) is 18.3. The SMILES string of the molecule is CC/C=C\C/C=C\C/C=C\C/C=C\C/C=C\C/C=C\C/C=C\CCCCCCCCCC(=O)OC(COC(=O)CCCCC/C=C\C/C=C\C/C=C\C/C=C\C/C=C\C/C=C\C/C=C\CC)COP(=O)(O)OCCN. The summed E-state index contributed by atoms with van der Waals surface area (Å²) in [5.41, 5.74) is 5.38. The van der Waals surface area contributed by atoms with Crippen LogP contribution in [0.3, 0.4) is 0 Å². The predicted molar refractivity (Wildman–Crippen MR) is 320 cm³/mol. The molecule has 75 heavy (non-hydrogen) atoms. The first-order valence-electron chi connectivity index (χ1n) is 28.6. The second kappa shape index (κ2) is 58.6. The van der Waals surface area contributed by atoms with Gasteiger partial charge in [-0.2, -0.15) is 0 Å². The van der Waals surface area contributed by atoms with Crippen LogP contribution in [-0.4, -0.2) is 49.3 Å². The van der Waals surface area contributed by atoms with Gasteiger partial charge in [0.25, 0.3) is 0 Å². The number of phosphoric ester groups is 1. The zero-order valence-corrected chi connectivity index (χ0v) is 47.6. The number of ether oxygens (including phenoxy) is 2. The Labute approximate surface area is 457 Å². The van der Waals surface area contributed by atoms with Crippen molar-refractivity contribution in [3.05, 3.63) is 170 Å². The molecule has 0 aromatic carbocycles. The van der Waals surface area contributed by atoms with Crippen LogP contribution >= 0.6 is 7.82 Å². The van der Waals surface area contributed by atoms with E-state index in [4.69, 9.17) is 24.3 Å². The minimum absolute atomic E-state index is 0.0359. The molecule has 0 aromatic heterocycles. The first kappa shape index (κ1) is 70.4. The number of allylic oxidation sites excluding steroid dienone is 28. The molecule has 0 aliphatic carbocycles. The molecule has 0 amide bonds. The summed E-state index contributed by atoms with van der Waals surface area (Å²) in [6.07, 6.45) is 86.8. The number of carbonyl (C=O) groups is 2. The van der Waals surface area contributed by atoms with Crippen LogP contribution in [0.25, 0.3) is 0 Å². The number of hydrogen-bond acceptors (Lipinski definition) is 8. The summed E-state index contributed by atoms with van der Waals surface area (Å²) in [5, 5.41) is 0. The van der Waals surface area contributed by atoms with Crippen molar-refractivity contribution < 1.29 is 37.6 Å². The summed E-state index contributed by atoms with van der Waals surface area (Å²) in [6, 6.07) is 0. The second-order valence-corrected chi connectivity index (χ2v) is 19.5. The maximum absolute atomic E-state index is 12.7. The van der Waals surface area contributed by atoms with Crippen molar-refractivity contribution in [2.45, 2.75) is 200 Å². The summed E-state index contributed by atoms with van der Waals surface area (Å²) in [4.78, 5) is 35.2. The summed E-state index contributed by atoms with van der Waals surface area (Å²) < 4.78 is 33.0. The van der Waals surface area contributed by atoms with Crippen LogP contribution in [0.15, 0.2) is 170 Å². The number of nitrogens with two attached hydrogens (primary N) is 1. The van der Waals surface area contributed by atoms with Gasteiger partial charge in [-0.15, -0.1) is 0 Å². The third-order valence-corrected chi connectivity index (χ3v) is 12.1. The van der Waals surface area contributed by atoms with Crippen molar-refractivity contribution >= 4 is 19.8 Å². The highest BCUT2D eigenvalue weighted by molar-refractivity contribution is 7.47. The molecule has 2 atom stereocenters. The Morgan fingerprint density at radius 2 is 0.693 bits per heavy atom. The topological polar surface area (TPSA) is 134 Å². The van der Waals surface area contributed by atoms with Gasteiger partial charge in [-0.25, -0.2) is 4.57 Å². The summed E-state index contributed by atoms with van der Waals surface area (Å²) in [6.45, 7) is 3.43. The highest BCUT2D eigenvalue weighted by Gasteiger charge is 2.26. The molecule has 0 saturated heterocycles. The van der Waals surface area contributed by atoms with Gasteiger partial charge in [0.05, 0.1) is 13.2 Å². The van der Waals surface area contributed by atoms with Crippen LogP contribution in [0, 0.1) is 0 Å². The number of unbranched alkanes of at least 4 members (excludes halogenated alkanes) is 10. The lowest BCUT2D eigenvalue weighted by molar-refractivity contribution is -0.161. The zero-order chi connectivity index (χ0) is 54.5. The van der Waals surface area contributed by atoms with E-state index in [9.17, 15) is 19.0 Å². The number of rotatable bonds is 51. The fraction of sp³-hybridized carbons (Fsp3) is 0.538. The standard InChI is InChI=1S/C65H102NO8P/c1-3-5-7-9-11-13-15-17-19-21-23-25-27-29-30-31-32-34-36-38-40-42-44-46-48-50-52-54-56-58-65(68)74-63(62-73-75(69,70)72-60-59-66)61-71-64(67)57-55-53-51-49-47-45-43-41-39-37-35-33-28-26-24-22-20-18-16-14-12-10-8-6-4-2/h5-8,11-14,17-20,23-26,29-30,32-35,38-41,45,47,63H,3-4,9-10,15-16,21-22,27-28,31,36-37,42-44,46,48-62,66H2,1-2H3,(H,69,70)/b7-5-,8-6-,13-11-,14-12-,19-17-,20-18-,25-23-,26-24-,30-29-,34-32-,35-33-,40-38-,41-39-,47-45-. The van der Waals surface area contributed by atoms with Gasteiger partial charge in [-0.05, 0) is 128 Å².